The van der Waals surface area contributed by atoms with Gasteiger partial charge in [-0.3, -0.25) is 0 Å². The molecule has 0 aliphatic carbocycles. The summed E-state index contributed by atoms with van der Waals surface area (Å²) >= 11 is 0. The summed E-state index contributed by atoms with van der Waals surface area (Å²) in [5.41, 5.74) is 2.19. The molecule has 1 radical (unpaired) electrons. The minimum Gasteiger partial charge on any atom is -0.497 e. The third kappa shape index (κ3) is 2.78. The number of ether oxygens (including phenoxy) is 2. The van der Waals surface area contributed by atoms with Gasteiger partial charge in [0.1, 0.15) is 11.5 Å². The van der Waals surface area contributed by atoms with Crippen LogP contribution in [0.25, 0.3) is 0 Å². The van der Waals surface area contributed by atoms with Crippen molar-refractivity contribution in [2.45, 2.75) is 0 Å². The van der Waals surface area contributed by atoms with Gasteiger partial charge in [-0.15, -0.1) is 0 Å². The van der Waals surface area contributed by atoms with Gasteiger partial charge in [0.15, 0.2) is 0 Å². The van der Waals surface area contributed by atoms with Crippen molar-refractivity contribution in [3.63, 3.8) is 0 Å². The molecular weight excluding hydrogens is 212 g/mol. The van der Waals surface area contributed by atoms with Crippen LogP contribution in [0.15, 0.2) is 48.5 Å². The molecular formula is C15H15O2. The molecule has 2 aromatic carbocycles. The van der Waals surface area contributed by atoms with E-state index in [9.17, 15) is 0 Å². The van der Waals surface area contributed by atoms with E-state index >= 15 is 0 Å². The summed E-state index contributed by atoms with van der Waals surface area (Å²) in [6.07, 6.45) is 2.08. The molecule has 87 valence electrons. The third-order valence-electron chi connectivity index (χ3n) is 2.56. The van der Waals surface area contributed by atoms with Gasteiger partial charge in [-0.1, -0.05) is 36.4 Å². The Bertz CT molecular complexity index is 478. The van der Waals surface area contributed by atoms with Crippen molar-refractivity contribution in [3.05, 3.63) is 66.1 Å². The maximum absolute atomic E-state index is 5.35. The first kappa shape index (κ1) is 11.5. The lowest BCUT2D eigenvalue weighted by Crippen LogP contribution is -1.93. The lowest BCUT2D eigenvalue weighted by atomic mass is 10.0. The van der Waals surface area contributed by atoms with Crippen LogP contribution < -0.4 is 9.47 Å². The van der Waals surface area contributed by atoms with Gasteiger partial charge in [0, 0.05) is 18.1 Å². The Kier molecular flexibility index (Phi) is 3.66. The fraction of sp³-hybridized carbons (Fsp3) is 0.133. The molecule has 0 fully saturated rings. The molecule has 0 saturated carbocycles. The van der Waals surface area contributed by atoms with Crippen LogP contribution in [0, 0.1) is 6.42 Å². The van der Waals surface area contributed by atoms with E-state index < -0.39 is 0 Å². The molecule has 0 atom stereocenters. The third-order valence-corrected chi connectivity index (χ3v) is 2.56. The molecule has 2 heteroatoms. The van der Waals surface area contributed by atoms with Crippen LogP contribution in [0.3, 0.4) is 0 Å². The average Bonchev–Trinajstić information content (AvgIpc) is 2.40. The summed E-state index contributed by atoms with van der Waals surface area (Å²) in [5, 5.41) is 0. The number of hydrogen-bond donors (Lipinski definition) is 0. The fourth-order valence-corrected chi connectivity index (χ4v) is 1.67. The zero-order valence-corrected chi connectivity index (χ0v) is 10.0. The Balaban J connectivity index is 2.26. The van der Waals surface area contributed by atoms with Crippen molar-refractivity contribution < 1.29 is 9.47 Å². The predicted octanol–water partition coefficient (Wildman–Crippen LogP) is 3.30. The van der Waals surface area contributed by atoms with Crippen LogP contribution >= 0.6 is 0 Å². The van der Waals surface area contributed by atoms with E-state index in [-0.39, 0.29) is 0 Å². The highest BCUT2D eigenvalue weighted by Gasteiger charge is 2.05. The van der Waals surface area contributed by atoms with Gasteiger partial charge >= 0.3 is 0 Å². The SMILES string of the molecule is COc1ccc([CH]c2ccccc2)c(OC)c1. The van der Waals surface area contributed by atoms with Gasteiger partial charge in [-0.2, -0.15) is 0 Å². The lowest BCUT2D eigenvalue weighted by Gasteiger charge is -2.10. The number of methoxy groups -OCH3 is 2. The molecule has 0 spiro atoms. The van der Waals surface area contributed by atoms with E-state index in [4.69, 9.17) is 9.47 Å². The first-order valence-electron chi connectivity index (χ1n) is 5.45. The van der Waals surface area contributed by atoms with E-state index in [1.807, 2.05) is 36.4 Å². The standard InChI is InChI=1S/C15H15O2/c1-16-14-9-8-13(15(11-14)17-2)10-12-6-4-3-5-7-12/h3-11H,1-2H3. The Hall–Kier alpha value is -1.96. The topological polar surface area (TPSA) is 18.5 Å². The summed E-state index contributed by atoms with van der Waals surface area (Å²) in [7, 11) is 3.31. The highest BCUT2D eigenvalue weighted by atomic mass is 16.5. The Labute approximate surface area is 102 Å². The van der Waals surface area contributed by atoms with Gasteiger partial charge in [0.2, 0.25) is 0 Å². The summed E-state index contributed by atoms with van der Waals surface area (Å²) in [4.78, 5) is 0. The van der Waals surface area contributed by atoms with Gasteiger partial charge in [-0.05, 0) is 11.6 Å². The zero-order chi connectivity index (χ0) is 12.1. The number of benzene rings is 2. The smallest absolute Gasteiger partial charge is 0.126 e. The summed E-state index contributed by atoms with van der Waals surface area (Å²) in [6.45, 7) is 0. The summed E-state index contributed by atoms with van der Waals surface area (Å²) in [5.74, 6) is 1.61. The van der Waals surface area contributed by atoms with E-state index in [0.29, 0.717) is 0 Å². The molecule has 0 saturated heterocycles. The second-order valence-corrected chi connectivity index (χ2v) is 3.66. The van der Waals surface area contributed by atoms with Crippen molar-refractivity contribution in [1.29, 1.82) is 0 Å². The molecule has 0 amide bonds. The minimum absolute atomic E-state index is 0.798. The summed E-state index contributed by atoms with van der Waals surface area (Å²) < 4.78 is 10.5. The Morgan fingerprint density at radius 3 is 2.29 bits per heavy atom. The van der Waals surface area contributed by atoms with Crippen molar-refractivity contribution in [1.82, 2.24) is 0 Å². The predicted molar refractivity (Wildman–Crippen MR) is 68.5 cm³/mol. The Morgan fingerprint density at radius 2 is 1.65 bits per heavy atom. The van der Waals surface area contributed by atoms with Crippen LogP contribution in [0.1, 0.15) is 11.1 Å². The van der Waals surface area contributed by atoms with E-state index in [1.54, 1.807) is 14.2 Å². The van der Waals surface area contributed by atoms with E-state index in [0.717, 1.165) is 22.6 Å². The molecule has 0 aromatic heterocycles. The first-order chi connectivity index (χ1) is 8.33. The van der Waals surface area contributed by atoms with E-state index in [1.165, 1.54) is 0 Å². The molecule has 17 heavy (non-hydrogen) atoms. The van der Waals surface area contributed by atoms with Gasteiger partial charge in [-0.25, -0.2) is 0 Å². The maximum Gasteiger partial charge on any atom is 0.126 e. The average molecular weight is 227 g/mol. The van der Waals surface area contributed by atoms with Crippen molar-refractivity contribution in [2.75, 3.05) is 14.2 Å². The molecule has 2 rings (SSSR count). The molecule has 0 bridgehead atoms. The van der Waals surface area contributed by atoms with Crippen LogP contribution in [-0.4, -0.2) is 14.2 Å². The normalized spacial score (nSPS) is 10.0. The monoisotopic (exact) mass is 227 g/mol. The number of hydrogen-bond acceptors (Lipinski definition) is 2. The van der Waals surface area contributed by atoms with Gasteiger partial charge in [0.25, 0.3) is 0 Å². The molecule has 0 N–H and O–H groups in total. The van der Waals surface area contributed by atoms with Gasteiger partial charge < -0.3 is 9.47 Å². The van der Waals surface area contributed by atoms with Gasteiger partial charge in [0.05, 0.1) is 14.2 Å². The quantitative estimate of drug-likeness (QED) is 0.797. The molecule has 0 unspecified atom stereocenters. The molecule has 0 aliphatic heterocycles. The lowest BCUT2D eigenvalue weighted by molar-refractivity contribution is 0.393. The summed E-state index contributed by atoms with van der Waals surface area (Å²) in [6, 6.07) is 16.0. The minimum atomic E-state index is 0.798. The maximum atomic E-state index is 5.35. The molecule has 0 heterocycles. The molecule has 2 nitrogen and oxygen atoms in total. The largest absolute Gasteiger partial charge is 0.497 e. The van der Waals surface area contributed by atoms with Crippen LogP contribution in [0.2, 0.25) is 0 Å². The molecule has 2 aromatic rings. The second-order valence-electron chi connectivity index (χ2n) is 3.66. The van der Waals surface area contributed by atoms with E-state index in [2.05, 4.69) is 18.6 Å². The second kappa shape index (κ2) is 5.39. The first-order valence-corrected chi connectivity index (χ1v) is 5.45. The molecule has 0 aliphatic rings. The van der Waals surface area contributed by atoms with Crippen LogP contribution in [0.5, 0.6) is 11.5 Å². The van der Waals surface area contributed by atoms with Crippen molar-refractivity contribution in [3.8, 4) is 11.5 Å². The fourth-order valence-electron chi connectivity index (χ4n) is 1.67. The van der Waals surface area contributed by atoms with Crippen LogP contribution in [-0.2, 0) is 0 Å². The van der Waals surface area contributed by atoms with Crippen molar-refractivity contribution in [2.24, 2.45) is 0 Å². The zero-order valence-electron chi connectivity index (χ0n) is 10.0. The van der Waals surface area contributed by atoms with Crippen LogP contribution in [0.4, 0.5) is 0 Å². The number of rotatable bonds is 4. The highest BCUT2D eigenvalue weighted by molar-refractivity contribution is 5.49. The van der Waals surface area contributed by atoms with Crippen molar-refractivity contribution >= 4 is 0 Å². The highest BCUT2D eigenvalue weighted by Crippen LogP contribution is 2.27. The Morgan fingerprint density at radius 1 is 0.882 bits per heavy atom.